The number of methoxy groups -OCH3 is 1. The van der Waals surface area contributed by atoms with Crippen molar-refractivity contribution in [2.24, 2.45) is 0 Å². The monoisotopic (exact) mass is 412 g/mol. The molecule has 3 N–H and O–H groups in total. The lowest BCUT2D eigenvalue weighted by molar-refractivity contribution is 0.0885. The molecule has 3 aromatic rings. The van der Waals surface area contributed by atoms with Crippen molar-refractivity contribution in [1.82, 2.24) is 25.5 Å². The zero-order valence-electron chi connectivity index (χ0n) is 17.2. The fraction of sp³-hybridized carbons (Fsp3) is 0.333. The van der Waals surface area contributed by atoms with Crippen molar-refractivity contribution < 1.29 is 13.9 Å². The quantitative estimate of drug-likeness (QED) is 0.499. The van der Waals surface area contributed by atoms with Crippen LogP contribution in [0.2, 0.25) is 0 Å². The lowest BCUT2D eigenvalue weighted by Crippen LogP contribution is -2.33. The predicted octanol–water partition coefficient (Wildman–Crippen LogP) is 2.73. The largest absolute Gasteiger partial charge is 0.382 e. The molecule has 1 amide bonds. The van der Waals surface area contributed by atoms with Crippen LogP contribution in [0, 0.1) is 19.7 Å². The molecule has 2 aromatic heterocycles. The van der Waals surface area contributed by atoms with Gasteiger partial charge in [-0.15, -0.1) is 0 Å². The van der Waals surface area contributed by atoms with Crippen molar-refractivity contribution in [3.63, 3.8) is 0 Å². The van der Waals surface area contributed by atoms with E-state index in [1.165, 1.54) is 19.2 Å². The van der Waals surface area contributed by atoms with Gasteiger partial charge in [0, 0.05) is 31.1 Å². The fourth-order valence-corrected chi connectivity index (χ4v) is 2.98. The molecule has 0 aliphatic heterocycles. The van der Waals surface area contributed by atoms with Crippen molar-refractivity contribution in [2.75, 3.05) is 25.6 Å². The van der Waals surface area contributed by atoms with E-state index in [-0.39, 0.29) is 18.2 Å². The summed E-state index contributed by atoms with van der Waals surface area (Å²) in [7, 11) is 1.52. The third kappa shape index (κ3) is 5.38. The Hall–Kier alpha value is -3.33. The van der Waals surface area contributed by atoms with Crippen LogP contribution in [-0.2, 0) is 11.2 Å². The third-order valence-corrected chi connectivity index (χ3v) is 4.74. The number of amides is 1. The van der Waals surface area contributed by atoms with Crippen LogP contribution < -0.4 is 10.6 Å². The number of carbonyl (C=O) groups excluding carboxylic acids is 1. The number of anilines is 1. The Bertz CT molecular complexity index is 993. The van der Waals surface area contributed by atoms with Crippen molar-refractivity contribution in [1.29, 1.82) is 0 Å². The van der Waals surface area contributed by atoms with Crippen molar-refractivity contribution >= 4 is 11.7 Å². The minimum Gasteiger partial charge on any atom is -0.382 e. The number of aromatic amines is 1. The number of H-pyrrole nitrogens is 1. The van der Waals surface area contributed by atoms with E-state index in [0.29, 0.717) is 23.6 Å². The number of hydrogen-bond acceptors (Lipinski definition) is 6. The Kier molecular flexibility index (Phi) is 7.08. The summed E-state index contributed by atoms with van der Waals surface area (Å²) in [6.07, 6.45) is 4.36. The molecule has 158 valence electrons. The van der Waals surface area contributed by atoms with Gasteiger partial charge in [0.05, 0.1) is 18.8 Å². The molecule has 0 unspecified atom stereocenters. The van der Waals surface area contributed by atoms with Crippen molar-refractivity contribution in [3.8, 4) is 0 Å². The summed E-state index contributed by atoms with van der Waals surface area (Å²) in [6.45, 7) is 4.55. The van der Waals surface area contributed by atoms with E-state index >= 15 is 0 Å². The lowest BCUT2D eigenvalue weighted by atomic mass is 10.1. The number of benzene rings is 1. The maximum Gasteiger partial charge on any atom is 0.289 e. The van der Waals surface area contributed by atoms with Gasteiger partial charge in [-0.25, -0.2) is 14.4 Å². The van der Waals surface area contributed by atoms with Crippen LogP contribution in [0.1, 0.15) is 39.0 Å². The minimum absolute atomic E-state index is 0.0430. The summed E-state index contributed by atoms with van der Waals surface area (Å²) in [6, 6.07) is 5.52. The number of halogens is 1. The Labute approximate surface area is 174 Å². The Morgan fingerprint density at radius 3 is 2.83 bits per heavy atom. The van der Waals surface area contributed by atoms with Crippen LogP contribution in [0.25, 0.3) is 0 Å². The highest BCUT2D eigenvalue weighted by Gasteiger charge is 2.20. The van der Waals surface area contributed by atoms with Crippen LogP contribution >= 0.6 is 0 Å². The molecule has 9 heteroatoms. The van der Waals surface area contributed by atoms with Gasteiger partial charge < -0.3 is 15.4 Å². The van der Waals surface area contributed by atoms with Crippen LogP contribution in [0.4, 0.5) is 10.2 Å². The topological polar surface area (TPSA) is 105 Å². The average molecular weight is 412 g/mol. The van der Waals surface area contributed by atoms with Crippen LogP contribution in [0.15, 0.2) is 36.7 Å². The van der Waals surface area contributed by atoms with Gasteiger partial charge in [-0.2, -0.15) is 5.10 Å². The van der Waals surface area contributed by atoms with E-state index in [1.807, 2.05) is 20.0 Å². The molecular formula is C21H25FN6O2. The van der Waals surface area contributed by atoms with Gasteiger partial charge in [0.25, 0.3) is 5.91 Å². The zero-order chi connectivity index (χ0) is 21.5. The van der Waals surface area contributed by atoms with Crippen LogP contribution in [0.3, 0.4) is 0 Å². The molecule has 0 fully saturated rings. The zero-order valence-corrected chi connectivity index (χ0v) is 17.2. The number of rotatable bonds is 9. The van der Waals surface area contributed by atoms with E-state index in [4.69, 9.17) is 4.74 Å². The average Bonchev–Trinajstić information content (AvgIpc) is 3.24. The molecule has 0 aliphatic rings. The molecular weight excluding hydrogens is 387 g/mol. The van der Waals surface area contributed by atoms with Gasteiger partial charge in [0.2, 0.25) is 5.82 Å². The highest BCUT2D eigenvalue weighted by atomic mass is 19.1. The first-order valence-corrected chi connectivity index (χ1v) is 9.60. The molecule has 0 radical (unpaired) electrons. The number of nitrogens with zero attached hydrogens (tertiary/aromatic N) is 3. The molecule has 2 heterocycles. The molecule has 1 atom stereocenters. The van der Waals surface area contributed by atoms with Crippen molar-refractivity contribution in [3.05, 3.63) is 70.7 Å². The van der Waals surface area contributed by atoms with Gasteiger partial charge in [-0.1, -0.05) is 12.1 Å². The number of hydrogen-bond donors (Lipinski definition) is 3. The highest BCUT2D eigenvalue weighted by molar-refractivity contribution is 5.91. The van der Waals surface area contributed by atoms with Crippen LogP contribution in [-0.4, -0.2) is 46.3 Å². The molecule has 0 bridgehead atoms. The molecule has 30 heavy (non-hydrogen) atoms. The summed E-state index contributed by atoms with van der Waals surface area (Å²) in [5.41, 5.74) is 3.25. The molecule has 1 aromatic carbocycles. The Morgan fingerprint density at radius 1 is 1.30 bits per heavy atom. The van der Waals surface area contributed by atoms with Gasteiger partial charge >= 0.3 is 0 Å². The van der Waals surface area contributed by atoms with Gasteiger partial charge in [0.15, 0.2) is 0 Å². The molecule has 3 rings (SSSR count). The first kappa shape index (κ1) is 21.4. The second-order valence-corrected chi connectivity index (χ2v) is 6.93. The summed E-state index contributed by atoms with van der Waals surface area (Å²) in [5.74, 6) is -0.191. The molecule has 8 nitrogen and oxygen atoms in total. The van der Waals surface area contributed by atoms with Crippen LogP contribution in [0.5, 0.6) is 0 Å². The van der Waals surface area contributed by atoms with Crippen molar-refractivity contribution in [2.45, 2.75) is 26.3 Å². The fourth-order valence-electron chi connectivity index (χ4n) is 2.98. The second-order valence-electron chi connectivity index (χ2n) is 6.93. The predicted molar refractivity (Wildman–Crippen MR) is 111 cm³/mol. The van der Waals surface area contributed by atoms with Gasteiger partial charge in [-0.05, 0) is 43.5 Å². The second kappa shape index (κ2) is 9.93. The maximum absolute atomic E-state index is 13.6. The molecule has 0 saturated carbocycles. The molecule has 0 saturated heterocycles. The number of aromatic nitrogens is 4. The summed E-state index contributed by atoms with van der Waals surface area (Å²) in [4.78, 5) is 21.6. The SMILES string of the molecule is COC[C@H](NC(=O)c1nc(C)c(C)c(NCCc2cn[nH]c2)n1)c1cccc(F)c1. The normalized spacial score (nSPS) is 11.9. The number of aryl methyl sites for hydroxylation is 1. The highest BCUT2D eigenvalue weighted by Crippen LogP contribution is 2.18. The number of ether oxygens (including phenoxy) is 1. The first-order chi connectivity index (χ1) is 14.5. The maximum atomic E-state index is 13.6. The Balaban J connectivity index is 1.74. The summed E-state index contributed by atoms with van der Waals surface area (Å²) >= 11 is 0. The number of nitrogens with one attached hydrogen (secondary N) is 3. The molecule has 0 aliphatic carbocycles. The van der Waals surface area contributed by atoms with Gasteiger partial charge in [-0.3, -0.25) is 9.89 Å². The standard InChI is InChI=1S/C21H25FN6O2/c1-13-14(2)26-20(28-19(13)23-8-7-15-10-24-25-11-15)21(29)27-18(12-30-3)16-5-4-6-17(22)9-16/h4-6,9-11,18H,7-8,12H2,1-3H3,(H,24,25)(H,27,29)(H,23,26,28)/t18-/m0/s1. The summed E-state index contributed by atoms with van der Waals surface area (Å²) in [5, 5.41) is 12.8. The van der Waals surface area contributed by atoms with Gasteiger partial charge in [0.1, 0.15) is 11.6 Å². The Morgan fingerprint density at radius 2 is 2.13 bits per heavy atom. The first-order valence-electron chi connectivity index (χ1n) is 9.60. The van der Waals surface area contributed by atoms with E-state index in [0.717, 1.165) is 17.5 Å². The van der Waals surface area contributed by atoms with E-state index in [2.05, 4.69) is 30.8 Å². The molecule has 0 spiro atoms. The third-order valence-electron chi connectivity index (χ3n) is 4.74. The van der Waals surface area contributed by atoms with E-state index in [1.54, 1.807) is 18.3 Å². The minimum atomic E-state index is -0.527. The smallest absolute Gasteiger partial charge is 0.289 e. The number of carbonyl (C=O) groups is 1. The van der Waals surface area contributed by atoms with E-state index in [9.17, 15) is 9.18 Å². The lowest BCUT2D eigenvalue weighted by Gasteiger charge is -2.19. The van der Waals surface area contributed by atoms with E-state index < -0.39 is 11.9 Å². The summed E-state index contributed by atoms with van der Waals surface area (Å²) < 4.78 is 18.8.